The highest BCUT2D eigenvalue weighted by atomic mass is 32.1. The number of carbonyl (C=O) groups is 2. The van der Waals surface area contributed by atoms with E-state index >= 15 is 0 Å². The number of fused-ring (bicyclic) bond motifs is 1. The predicted octanol–water partition coefficient (Wildman–Crippen LogP) is 5.53. The number of carbonyl (C=O) groups excluding carboxylic acids is 2. The van der Waals surface area contributed by atoms with E-state index in [1.54, 1.807) is 23.1 Å². The lowest BCUT2D eigenvalue weighted by Crippen LogP contribution is -2.47. The van der Waals surface area contributed by atoms with Crippen molar-refractivity contribution in [1.29, 1.82) is 0 Å². The molecular formula is C29H27N3O4S. The molecule has 0 aliphatic carbocycles. The minimum atomic E-state index is -0.675. The van der Waals surface area contributed by atoms with Crippen molar-refractivity contribution in [2.75, 3.05) is 12.1 Å². The third kappa shape index (κ3) is 5.81. The lowest BCUT2D eigenvalue weighted by atomic mass is 10.1. The van der Waals surface area contributed by atoms with Gasteiger partial charge in [0, 0.05) is 22.7 Å². The molecule has 1 aliphatic rings. The molecule has 1 aliphatic heterocycles. The molecule has 1 N–H and O–H groups in total. The van der Waals surface area contributed by atoms with E-state index < -0.39 is 6.04 Å². The summed E-state index contributed by atoms with van der Waals surface area (Å²) in [5.41, 5.74) is 3.35. The normalized spacial score (nSPS) is 12.7. The minimum absolute atomic E-state index is 0.129. The summed E-state index contributed by atoms with van der Waals surface area (Å²) < 4.78 is 10.8. The number of hydrogen-bond donors (Lipinski definition) is 1. The molecule has 1 atom stereocenters. The molecular weight excluding hydrogens is 486 g/mol. The standard InChI is InChI=1S/C29H27N3O4S/c1-2-24(29(34)30-22-13-14-25-26(16-22)36-19-35-25)32(28(33)15-20-9-5-3-6-10-20)17-27-31-23(18-37-27)21-11-7-4-8-12-21/h3-14,16,18,24H,2,15,17,19H2,1H3,(H,30,34). The fourth-order valence-electron chi connectivity index (χ4n) is 4.26. The summed E-state index contributed by atoms with van der Waals surface area (Å²) in [5.74, 6) is 0.833. The Bertz CT molecular complexity index is 1370. The fourth-order valence-corrected chi connectivity index (χ4v) is 5.06. The summed E-state index contributed by atoms with van der Waals surface area (Å²) >= 11 is 1.49. The van der Waals surface area contributed by atoms with Crippen LogP contribution in [0.2, 0.25) is 0 Å². The van der Waals surface area contributed by atoms with Crippen molar-refractivity contribution in [3.05, 3.63) is 94.8 Å². The SMILES string of the molecule is CCC(C(=O)Nc1ccc2c(c1)OCO2)N(Cc1nc(-c2ccccc2)cs1)C(=O)Cc1ccccc1. The van der Waals surface area contributed by atoms with E-state index in [-0.39, 0.29) is 31.6 Å². The van der Waals surface area contributed by atoms with Crippen LogP contribution < -0.4 is 14.8 Å². The minimum Gasteiger partial charge on any atom is -0.454 e. The van der Waals surface area contributed by atoms with Crippen molar-refractivity contribution >= 4 is 28.8 Å². The van der Waals surface area contributed by atoms with E-state index in [4.69, 9.17) is 14.5 Å². The lowest BCUT2D eigenvalue weighted by Gasteiger charge is -2.30. The van der Waals surface area contributed by atoms with Crippen LogP contribution in [0.3, 0.4) is 0 Å². The Hall–Kier alpha value is -4.17. The van der Waals surface area contributed by atoms with Crippen molar-refractivity contribution in [2.24, 2.45) is 0 Å². The van der Waals surface area contributed by atoms with Crippen LogP contribution in [0.5, 0.6) is 11.5 Å². The second kappa shape index (κ2) is 11.3. The average molecular weight is 514 g/mol. The fraction of sp³-hybridized carbons (Fsp3) is 0.207. The van der Waals surface area contributed by atoms with Crippen LogP contribution in [0.15, 0.2) is 84.2 Å². The number of aromatic nitrogens is 1. The van der Waals surface area contributed by atoms with Crippen LogP contribution >= 0.6 is 11.3 Å². The Morgan fingerprint density at radius 2 is 1.73 bits per heavy atom. The van der Waals surface area contributed by atoms with Crippen molar-refractivity contribution in [1.82, 2.24) is 9.88 Å². The molecule has 4 aromatic rings. The number of anilines is 1. The summed E-state index contributed by atoms with van der Waals surface area (Å²) in [6.07, 6.45) is 0.652. The van der Waals surface area contributed by atoms with Gasteiger partial charge in [0.25, 0.3) is 0 Å². The molecule has 8 heteroatoms. The lowest BCUT2D eigenvalue weighted by molar-refractivity contribution is -0.139. The molecule has 0 bridgehead atoms. The average Bonchev–Trinajstić information content (AvgIpc) is 3.59. The highest BCUT2D eigenvalue weighted by Crippen LogP contribution is 2.34. The number of thiazole rings is 1. The molecule has 0 saturated carbocycles. The Balaban J connectivity index is 1.38. The van der Waals surface area contributed by atoms with Gasteiger partial charge in [0.1, 0.15) is 11.0 Å². The topological polar surface area (TPSA) is 80.8 Å². The molecule has 1 aromatic heterocycles. The molecule has 2 heterocycles. The van der Waals surface area contributed by atoms with Crippen LogP contribution in [0.25, 0.3) is 11.3 Å². The highest BCUT2D eigenvalue weighted by Gasteiger charge is 2.30. The van der Waals surface area contributed by atoms with E-state index in [1.807, 2.05) is 73.0 Å². The maximum atomic E-state index is 13.6. The van der Waals surface area contributed by atoms with Gasteiger partial charge in [0.2, 0.25) is 18.6 Å². The second-order valence-corrected chi connectivity index (χ2v) is 9.60. The molecule has 5 rings (SSSR count). The molecule has 7 nitrogen and oxygen atoms in total. The number of amides is 2. The largest absolute Gasteiger partial charge is 0.454 e. The predicted molar refractivity (Wildman–Crippen MR) is 144 cm³/mol. The number of ether oxygens (including phenoxy) is 2. The van der Waals surface area contributed by atoms with Gasteiger partial charge in [-0.05, 0) is 24.1 Å². The van der Waals surface area contributed by atoms with E-state index in [0.29, 0.717) is 23.6 Å². The van der Waals surface area contributed by atoms with Crippen LogP contribution in [0.4, 0.5) is 5.69 Å². The number of benzene rings is 3. The number of rotatable bonds is 9. The van der Waals surface area contributed by atoms with Crippen LogP contribution in [0, 0.1) is 0 Å². The summed E-state index contributed by atoms with van der Waals surface area (Å²) in [5, 5.41) is 5.71. The number of nitrogens with one attached hydrogen (secondary N) is 1. The van der Waals surface area contributed by atoms with E-state index in [1.165, 1.54) is 11.3 Å². The van der Waals surface area contributed by atoms with Crippen molar-refractivity contribution in [2.45, 2.75) is 32.4 Å². The van der Waals surface area contributed by atoms with Crippen molar-refractivity contribution in [3.63, 3.8) is 0 Å². The van der Waals surface area contributed by atoms with Crippen molar-refractivity contribution in [3.8, 4) is 22.8 Å². The van der Waals surface area contributed by atoms with Gasteiger partial charge in [-0.2, -0.15) is 0 Å². The van der Waals surface area contributed by atoms with Gasteiger partial charge in [-0.3, -0.25) is 9.59 Å². The zero-order valence-corrected chi connectivity index (χ0v) is 21.2. The smallest absolute Gasteiger partial charge is 0.247 e. The Kier molecular flexibility index (Phi) is 7.46. The molecule has 0 spiro atoms. The van der Waals surface area contributed by atoms with Gasteiger partial charge in [-0.25, -0.2) is 4.98 Å². The zero-order valence-electron chi connectivity index (χ0n) is 20.4. The van der Waals surface area contributed by atoms with E-state index in [2.05, 4.69) is 5.32 Å². The van der Waals surface area contributed by atoms with E-state index in [9.17, 15) is 9.59 Å². The van der Waals surface area contributed by atoms with Gasteiger partial charge < -0.3 is 19.7 Å². The van der Waals surface area contributed by atoms with Gasteiger partial charge in [0.05, 0.1) is 18.7 Å². The zero-order chi connectivity index (χ0) is 25.6. The Labute approximate surface area is 219 Å². The second-order valence-electron chi connectivity index (χ2n) is 8.66. The summed E-state index contributed by atoms with van der Waals surface area (Å²) in [7, 11) is 0. The maximum absolute atomic E-state index is 13.6. The Morgan fingerprint density at radius 1 is 1.00 bits per heavy atom. The Morgan fingerprint density at radius 3 is 2.49 bits per heavy atom. The van der Waals surface area contributed by atoms with Crippen LogP contribution in [-0.2, 0) is 22.6 Å². The van der Waals surface area contributed by atoms with Gasteiger partial charge >= 0.3 is 0 Å². The maximum Gasteiger partial charge on any atom is 0.247 e. The highest BCUT2D eigenvalue weighted by molar-refractivity contribution is 7.09. The van der Waals surface area contributed by atoms with Gasteiger partial charge in [-0.1, -0.05) is 67.6 Å². The molecule has 0 saturated heterocycles. The van der Waals surface area contributed by atoms with Gasteiger partial charge in [0.15, 0.2) is 11.5 Å². The summed E-state index contributed by atoms with van der Waals surface area (Å²) in [6.45, 7) is 2.31. The first-order valence-electron chi connectivity index (χ1n) is 12.1. The van der Waals surface area contributed by atoms with Crippen LogP contribution in [0.1, 0.15) is 23.9 Å². The molecule has 0 fully saturated rings. The number of nitrogens with zero attached hydrogens (tertiary/aromatic N) is 2. The molecule has 37 heavy (non-hydrogen) atoms. The molecule has 188 valence electrons. The first kappa shape index (κ1) is 24.5. The monoisotopic (exact) mass is 513 g/mol. The molecule has 0 radical (unpaired) electrons. The third-order valence-electron chi connectivity index (χ3n) is 6.15. The first-order valence-corrected chi connectivity index (χ1v) is 13.0. The molecule has 2 amide bonds. The summed E-state index contributed by atoms with van der Waals surface area (Å²) in [6, 6.07) is 24.1. The van der Waals surface area contributed by atoms with E-state index in [0.717, 1.165) is 21.8 Å². The van der Waals surface area contributed by atoms with Gasteiger partial charge in [-0.15, -0.1) is 11.3 Å². The quantitative estimate of drug-likeness (QED) is 0.318. The molecule has 3 aromatic carbocycles. The molecule has 1 unspecified atom stereocenters. The van der Waals surface area contributed by atoms with Crippen molar-refractivity contribution < 1.29 is 19.1 Å². The first-order chi connectivity index (χ1) is 18.1. The summed E-state index contributed by atoms with van der Waals surface area (Å²) in [4.78, 5) is 33.5. The number of hydrogen-bond acceptors (Lipinski definition) is 6. The van der Waals surface area contributed by atoms with Crippen LogP contribution in [-0.4, -0.2) is 34.5 Å². The third-order valence-corrected chi connectivity index (χ3v) is 6.98.